The minimum atomic E-state index is -0.517. The van der Waals surface area contributed by atoms with Crippen LogP contribution in [0.25, 0.3) is 5.57 Å². The summed E-state index contributed by atoms with van der Waals surface area (Å²) in [5, 5.41) is 21.1. The number of allylic oxidation sites excluding steroid dienone is 2. The minimum absolute atomic E-state index is 0.497. The van der Waals surface area contributed by atoms with Gasteiger partial charge in [0.2, 0.25) is 18.2 Å². The number of aliphatic imine (C=N–C) groups is 2. The molecule has 10 heteroatoms. The summed E-state index contributed by atoms with van der Waals surface area (Å²) in [5.41, 5.74) is 1.84. The Labute approximate surface area is 197 Å². The molecule has 0 bridgehead atoms. The van der Waals surface area contributed by atoms with Crippen molar-refractivity contribution in [1.29, 1.82) is 0 Å². The van der Waals surface area contributed by atoms with Gasteiger partial charge in [-0.05, 0) is 31.2 Å². The number of hydrogen-bond donors (Lipinski definition) is 4. The Kier molecular flexibility index (Phi) is 6.38. The van der Waals surface area contributed by atoms with Gasteiger partial charge in [-0.15, -0.1) is 0 Å². The van der Waals surface area contributed by atoms with Gasteiger partial charge in [-0.3, -0.25) is 5.32 Å². The fraction of sp³-hybridized carbons (Fsp3) is 0.348. The Hall–Kier alpha value is -3.21. The lowest BCUT2D eigenvalue weighted by molar-refractivity contribution is 0.212. The van der Waals surface area contributed by atoms with Gasteiger partial charge in [0.1, 0.15) is 0 Å². The van der Waals surface area contributed by atoms with Crippen molar-refractivity contribution in [2.75, 3.05) is 43.9 Å². The molecule has 9 nitrogen and oxygen atoms in total. The van der Waals surface area contributed by atoms with Crippen molar-refractivity contribution in [2.45, 2.75) is 18.8 Å². The van der Waals surface area contributed by atoms with Crippen LogP contribution in [0.2, 0.25) is 0 Å². The molecule has 172 valence electrons. The average Bonchev–Trinajstić information content (AvgIpc) is 3.28. The monoisotopic (exact) mass is 464 g/mol. The van der Waals surface area contributed by atoms with E-state index in [0.29, 0.717) is 17.5 Å². The molecule has 33 heavy (non-hydrogen) atoms. The van der Waals surface area contributed by atoms with Gasteiger partial charge in [0.15, 0.2) is 5.13 Å². The smallest absolute Gasteiger partial charge is 0.223 e. The maximum atomic E-state index is 10.3. The number of aliphatic hydroxyl groups is 1. The third-order valence-electron chi connectivity index (χ3n) is 5.74. The van der Waals surface area contributed by atoms with E-state index < -0.39 is 12.4 Å². The number of piperazine rings is 1. The molecule has 0 amide bonds. The van der Waals surface area contributed by atoms with Gasteiger partial charge in [0.25, 0.3) is 0 Å². The van der Waals surface area contributed by atoms with Gasteiger partial charge >= 0.3 is 0 Å². The van der Waals surface area contributed by atoms with E-state index in [0.717, 1.165) is 48.3 Å². The van der Waals surface area contributed by atoms with Crippen molar-refractivity contribution >= 4 is 39.6 Å². The molecule has 1 aliphatic carbocycles. The van der Waals surface area contributed by atoms with Crippen LogP contribution in [0.5, 0.6) is 0 Å². The first-order chi connectivity index (χ1) is 16.1. The molecule has 1 aromatic carbocycles. The zero-order valence-corrected chi connectivity index (χ0v) is 19.3. The molecule has 2 aromatic rings. The highest BCUT2D eigenvalue weighted by molar-refractivity contribution is 7.16. The summed E-state index contributed by atoms with van der Waals surface area (Å²) in [4.78, 5) is 19.6. The predicted molar refractivity (Wildman–Crippen MR) is 134 cm³/mol. The van der Waals surface area contributed by atoms with Crippen LogP contribution in [-0.2, 0) is 0 Å². The second-order valence-corrected chi connectivity index (χ2v) is 9.22. The van der Waals surface area contributed by atoms with Crippen LogP contribution in [-0.4, -0.2) is 77.4 Å². The summed E-state index contributed by atoms with van der Waals surface area (Å²) in [7, 11) is 2.14. The van der Waals surface area contributed by atoms with Crippen molar-refractivity contribution in [2.24, 2.45) is 9.98 Å². The number of aromatic nitrogens is 1. The van der Waals surface area contributed by atoms with Gasteiger partial charge in [0, 0.05) is 38.1 Å². The number of rotatable bonds is 4. The van der Waals surface area contributed by atoms with Gasteiger partial charge in [-0.25, -0.2) is 15.0 Å². The molecule has 5 rings (SSSR count). The Bertz CT molecular complexity index is 1080. The lowest BCUT2D eigenvalue weighted by Gasteiger charge is -2.36. The minimum Gasteiger partial charge on any atom is -0.388 e. The number of guanidine groups is 2. The molecule has 0 spiro atoms. The molecule has 1 fully saturated rings. The molecule has 2 aliphatic heterocycles. The largest absolute Gasteiger partial charge is 0.388 e. The average molecular weight is 465 g/mol. The van der Waals surface area contributed by atoms with Crippen molar-refractivity contribution < 1.29 is 5.11 Å². The van der Waals surface area contributed by atoms with E-state index in [2.05, 4.69) is 37.8 Å². The SMILES string of the molecule is CN1CCN(C2=N[C@H](Nc3ncc(C4=CC=CCC4O)s3)N=C(Nc3ccccc3)N2)CC1. The third kappa shape index (κ3) is 5.24. The van der Waals surface area contributed by atoms with Gasteiger partial charge in [-0.2, -0.15) is 0 Å². The quantitative estimate of drug-likeness (QED) is 0.551. The van der Waals surface area contributed by atoms with Crippen molar-refractivity contribution in [3.05, 3.63) is 59.6 Å². The Balaban J connectivity index is 1.35. The van der Waals surface area contributed by atoms with Crippen molar-refractivity contribution in [3.63, 3.8) is 0 Å². The molecule has 1 saturated heterocycles. The molecular formula is C23H28N8OS. The normalized spacial score (nSPS) is 23.3. The highest BCUT2D eigenvalue weighted by Crippen LogP contribution is 2.31. The van der Waals surface area contributed by atoms with Crippen LogP contribution >= 0.6 is 11.3 Å². The van der Waals surface area contributed by atoms with E-state index in [1.165, 1.54) is 11.3 Å². The van der Waals surface area contributed by atoms with Crippen LogP contribution < -0.4 is 16.0 Å². The summed E-state index contributed by atoms with van der Waals surface area (Å²) >= 11 is 1.50. The summed E-state index contributed by atoms with van der Waals surface area (Å²) in [6.45, 7) is 3.77. The molecule has 3 aliphatic rings. The number of benzene rings is 1. The van der Waals surface area contributed by atoms with E-state index in [-0.39, 0.29) is 0 Å². The molecule has 1 unspecified atom stereocenters. The van der Waals surface area contributed by atoms with Crippen LogP contribution in [0, 0.1) is 0 Å². The summed E-state index contributed by atoms with van der Waals surface area (Å²) < 4.78 is 0. The second-order valence-electron chi connectivity index (χ2n) is 8.19. The zero-order chi connectivity index (χ0) is 22.6. The van der Waals surface area contributed by atoms with Gasteiger partial charge in [-0.1, -0.05) is 47.8 Å². The number of nitrogens with zero attached hydrogens (tertiary/aromatic N) is 5. The van der Waals surface area contributed by atoms with Crippen LogP contribution in [0.4, 0.5) is 10.8 Å². The van der Waals surface area contributed by atoms with Crippen LogP contribution in [0.1, 0.15) is 11.3 Å². The standard InChI is InChI=1S/C23H28N8OS/c1-30-11-13-31(14-12-30)22-27-20(25-16-7-3-2-4-8-16)26-21(28-22)29-23-24-15-19(33-23)17-9-5-6-10-18(17)32/h2-9,15,18,21,32H,10-14H2,1H3,(H,24,29)(H2,25,26,27,28)/t18?,21-/m1/s1. The summed E-state index contributed by atoms with van der Waals surface area (Å²) in [6, 6.07) is 9.95. The van der Waals surface area contributed by atoms with E-state index in [4.69, 9.17) is 9.98 Å². The molecule has 0 saturated carbocycles. The molecule has 2 atom stereocenters. The van der Waals surface area contributed by atoms with E-state index >= 15 is 0 Å². The van der Waals surface area contributed by atoms with Gasteiger partial charge < -0.3 is 25.5 Å². The Morgan fingerprint density at radius 1 is 1.12 bits per heavy atom. The maximum absolute atomic E-state index is 10.3. The Morgan fingerprint density at radius 2 is 1.94 bits per heavy atom. The fourth-order valence-electron chi connectivity index (χ4n) is 3.85. The first-order valence-electron chi connectivity index (χ1n) is 11.1. The molecular weight excluding hydrogens is 436 g/mol. The number of likely N-dealkylation sites (N-methyl/N-ethyl adjacent to an activating group) is 1. The highest BCUT2D eigenvalue weighted by atomic mass is 32.1. The van der Waals surface area contributed by atoms with E-state index in [9.17, 15) is 5.11 Å². The van der Waals surface area contributed by atoms with Crippen LogP contribution in [0.15, 0.2) is 64.7 Å². The predicted octanol–water partition coefficient (Wildman–Crippen LogP) is 2.22. The number of nitrogens with one attached hydrogen (secondary N) is 3. The number of para-hydroxylation sites is 1. The topological polar surface area (TPSA) is 100 Å². The number of thiazole rings is 1. The maximum Gasteiger partial charge on any atom is 0.223 e. The third-order valence-corrected chi connectivity index (χ3v) is 6.72. The fourth-order valence-corrected chi connectivity index (χ4v) is 4.76. The van der Waals surface area contributed by atoms with E-state index in [1.807, 2.05) is 48.6 Å². The molecule has 4 N–H and O–H groups in total. The summed E-state index contributed by atoms with van der Waals surface area (Å²) in [6.07, 6.45) is 7.28. The first-order valence-corrected chi connectivity index (χ1v) is 11.9. The van der Waals surface area contributed by atoms with Crippen molar-refractivity contribution in [1.82, 2.24) is 20.1 Å². The number of anilines is 2. The molecule has 1 aromatic heterocycles. The lowest BCUT2D eigenvalue weighted by Crippen LogP contribution is -2.55. The molecule has 0 radical (unpaired) electrons. The lowest BCUT2D eigenvalue weighted by atomic mass is 10.0. The second kappa shape index (κ2) is 9.74. The van der Waals surface area contributed by atoms with Crippen molar-refractivity contribution in [3.8, 4) is 0 Å². The first kappa shape index (κ1) is 21.6. The Morgan fingerprint density at radius 3 is 2.73 bits per heavy atom. The van der Waals surface area contributed by atoms with Crippen LogP contribution in [0.3, 0.4) is 0 Å². The summed E-state index contributed by atoms with van der Waals surface area (Å²) in [5.74, 6) is 1.43. The molecule has 3 heterocycles. The zero-order valence-electron chi connectivity index (χ0n) is 18.5. The number of aliphatic hydroxyl groups excluding tert-OH is 1. The van der Waals surface area contributed by atoms with Gasteiger partial charge in [0.05, 0.1) is 11.0 Å². The van der Waals surface area contributed by atoms with E-state index in [1.54, 1.807) is 6.20 Å². The highest BCUT2D eigenvalue weighted by Gasteiger charge is 2.25. The number of hydrogen-bond acceptors (Lipinski definition) is 10.